The number of anilines is 1. The van der Waals surface area contributed by atoms with E-state index in [-0.39, 0.29) is 29.4 Å². The number of nitrogen functional groups attached to an aromatic ring is 1. The molecule has 0 saturated carbocycles. The van der Waals surface area contributed by atoms with Gasteiger partial charge in [0.25, 0.3) is 5.91 Å². The van der Waals surface area contributed by atoms with Crippen LogP contribution in [-0.4, -0.2) is 103 Å². The second kappa shape index (κ2) is 15.8. The minimum atomic E-state index is -1.26. The highest BCUT2D eigenvalue weighted by atomic mass is 35.5. The topological polar surface area (TPSA) is 172 Å². The van der Waals surface area contributed by atoms with Crippen molar-refractivity contribution in [2.75, 3.05) is 52.7 Å². The van der Waals surface area contributed by atoms with Crippen LogP contribution in [0.3, 0.4) is 0 Å². The van der Waals surface area contributed by atoms with E-state index in [1.54, 1.807) is 19.2 Å². The molecular weight excluding hydrogens is 568 g/mol. The molecule has 0 aliphatic carbocycles. The monoisotopic (exact) mass is 610 g/mol. The number of nitrogens with zero attached hydrogens (tertiary/aromatic N) is 2. The Kier molecular flexibility index (Phi) is 13.1. The molecule has 12 nitrogen and oxygen atoms in total. The molecule has 2 heterocycles. The van der Waals surface area contributed by atoms with Crippen LogP contribution in [0.5, 0.6) is 5.75 Å². The number of halogens is 1. The minimum absolute atomic E-state index is 0.110. The number of aliphatic carboxylic acids is 2. The first-order valence-corrected chi connectivity index (χ1v) is 14.2. The van der Waals surface area contributed by atoms with E-state index in [2.05, 4.69) is 10.2 Å². The fourth-order valence-electron chi connectivity index (χ4n) is 5.01. The second-order valence-electron chi connectivity index (χ2n) is 11.5. The van der Waals surface area contributed by atoms with Crippen molar-refractivity contribution in [2.45, 2.75) is 52.2 Å². The lowest BCUT2D eigenvalue weighted by atomic mass is 9.90. The Balaban J connectivity index is 0.000000675. The third kappa shape index (κ3) is 10.5. The van der Waals surface area contributed by atoms with Crippen molar-refractivity contribution in [3.8, 4) is 5.75 Å². The molecular formula is C29H43ClN4O8. The molecule has 2 amide bonds. The zero-order valence-electron chi connectivity index (χ0n) is 24.9. The zero-order valence-corrected chi connectivity index (χ0v) is 25.6. The van der Waals surface area contributed by atoms with E-state index >= 15 is 0 Å². The Morgan fingerprint density at radius 3 is 2.14 bits per heavy atom. The molecule has 3 rings (SSSR count). The van der Waals surface area contributed by atoms with Crippen molar-refractivity contribution in [1.82, 2.24) is 15.1 Å². The molecule has 0 spiro atoms. The quantitative estimate of drug-likeness (QED) is 0.253. The highest BCUT2D eigenvalue weighted by Crippen LogP contribution is 2.30. The van der Waals surface area contributed by atoms with Gasteiger partial charge in [-0.15, -0.1) is 0 Å². The minimum Gasteiger partial charge on any atom is -0.496 e. The fourth-order valence-corrected chi connectivity index (χ4v) is 5.18. The predicted molar refractivity (Wildman–Crippen MR) is 159 cm³/mol. The van der Waals surface area contributed by atoms with E-state index in [1.165, 1.54) is 7.11 Å². The molecule has 2 saturated heterocycles. The van der Waals surface area contributed by atoms with Crippen LogP contribution < -0.4 is 15.8 Å². The summed E-state index contributed by atoms with van der Waals surface area (Å²) in [5.74, 6) is -1.58. The third-order valence-corrected chi connectivity index (χ3v) is 7.58. The first-order valence-electron chi connectivity index (χ1n) is 13.8. The van der Waals surface area contributed by atoms with Gasteiger partial charge in [-0.3, -0.25) is 9.59 Å². The number of hydrogen-bond acceptors (Lipinski definition) is 8. The first kappa shape index (κ1) is 34.8. The summed E-state index contributed by atoms with van der Waals surface area (Å²) in [6.07, 6.45) is 3.83. The highest BCUT2D eigenvalue weighted by Gasteiger charge is 2.34. The van der Waals surface area contributed by atoms with Gasteiger partial charge in [-0.05, 0) is 31.2 Å². The van der Waals surface area contributed by atoms with Crippen LogP contribution in [0.1, 0.15) is 50.4 Å². The van der Waals surface area contributed by atoms with Crippen LogP contribution >= 0.6 is 11.6 Å². The van der Waals surface area contributed by atoms with Gasteiger partial charge in [0, 0.05) is 63.5 Å². The Hall–Kier alpha value is -3.35. The van der Waals surface area contributed by atoms with Crippen LogP contribution in [0.15, 0.2) is 24.3 Å². The number of carboxylic acids is 2. The predicted octanol–water partition coefficient (Wildman–Crippen LogP) is 2.75. The van der Waals surface area contributed by atoms with Gasteiger partial charge in [0.2, 0.25) is 5.91 Å². The van der Waals surface area contributed by atoms with Crippen molar-refractivity contribution in [1.29, 1.82) is 0 Å². The van der Waals surface area contributed by atoms with Crippen LogP contribution in [0, 0.1) is 11.3 Å². The van der Waals surface area contributed by atoms with Gasteiger partial charge < -0.3 is 40.5 Å². The van der Waals surface area contributed by atoms with Gasteiger partial charge in [0.1, 0.15) is 5.75 Å². The SMILES string of the molecule is COc1cc(N)c(Cl)cc1C(=O)NC1CCN(CC2CCN(C(=O)C(C)(C)C)CC2)CC1OC.O=C(O)C=CC(=O)O. The summed E-state index contributed by atoms with van der Waals surface area (Å²) < 4.78 is 11.1. The highest BCUT2D eigenvalue weighted by molar-refractivity contribution is 6.33. The Labute approximate surface area is 251 Å². The second-order valence-corrected chi connectivity index (χ2v) is 11.9. The third-order valence-electron chi connectivity index (χ3n) is 7.25. The van der Waals surface area contributed by atoms with Gasteiger partial charge in [-0.2, -0.15) is 0 Å². The lowest BCUT2D eigenvalue weighted by molar-refractivity contribution is -0.141. The molecule has 0 radical (unpaired) electrons. The number of hydrogen-bond donors (Lipinski definition) is 4. The molecule has 5 N–H and O–H groups in total. The summed E-state index contributed by atoms with van der Waals surface area (Å²) in [7, 11) is 3.18. The van der Waals surface area contributed by atoms with Crippen LogP contribution in [-0.2, 0) is 19.1 Å². The number of carboxylic acid groups (broad SMARTS) is 2. The van der Waals surface area contributed by atoms with Gasteiger partial charge in [0.15, 0.2) is 0 Å². The van der Waals surface area contributed by atoms with Crippen LogP contribution in [0.2, 0.25) is 5.02 Å². The molecule has 2 aliphatic rings. The molecule has 1 aromatic rings. The normalized spacial score (nSPS) is 20.0. The maximum absolute atomic E-state index is 13.0. The van der Waals surface area contributed by atoms with Crippen molar-refractivity contribution in [3.63, 3.8) is 0 Å². The maximum Gasteiger partial charge on any atom is 0.328 e. The molecule has 0 aromatic heterocycles. The largest absolute Gasteiger partial charge is 0.496 e. The maximum atomic E-state index is 13.0. The number of methoxy groups -OCH3 is 2. The molecule has 13 heteroatoms. The summed E-state index contributed by atoms with van der Waals surface area (Å²) in [4.78, 5) is 49.1. The Bertz CT molecular complexity index is 1130. The van der Waals surface area contributed by atoms with E-state index < -0.39 is 11.9 Å². The fraction of sp³-hybridized carbons (Fsp3) is 0.586. The van der Waals surface area contributed by atoms with Gasteiger partial charge in [-0.1, -0.05) is 32.4 Å². The Morgan fingerprint density at radius 2 is 1.64 bits per heavy atom. The molecule has 2 aliphatic heterocycles. The van der Waals surface area contributed by atoms with E-state index in [4.69, 9.17) is 37.0 Å². The van der Waals surface area contributed by atoms with Crippen molar-refractivity contribution >= 4 is 41.0 Å². The number of nitrogens with one attached hydrogen (secondary N) is 1. The number of ether oxygens (including phenoxy) is 2. The Morgan fingerprint density at radius 1 is 1.05 bits per heavy atom. The van der Waals surface area contributed by atoms with E-state index in [1.807, 2.05) is 25.7 Å². The molecule has 1 aromatic carbocycles. The lowest BCUT2D eigenvalue weighted by Gasteiger charge is -2.41. The van der Waals surface area contributed by atoms with Gasteiger partial charge >= 0.3 is 11.9 Å². The van der Waals surface area contributed by atoms with E-state index in [0.717, 1.165) is 52.0 Å². The average Bonchev–Trinajstić information content (AvgIpc) is 2.93. The van der Waals surface area contributed by atoms with Crippen LogP contribution in [0.25, 0.3) is 0 Å². The summed E-state index contributed by atoms with van der Waals surface area (Å²) >= 11 is 6.13. The first-order chi connectivity index (χ1) is 19.7. The van der Waals surface area contributed by atoms with Gasteiger partial charge in [0.05, 0.1) is 35.5 Å². The number of rotatable bonds is 8. The average molecular weight is 611 g/mol. The summed E-state index contributed by atoms with van der Waals surface area (Å²) in [5, 5.41) is 19.0. The van der Waals surface area contributed by atoms with Crippen molar-refractivity contribution < 1.29 is 38.9 Å². The van der Waals surface area contributed by atoms with E-state index in [0.29, 0.717) is 40.1 Å². The lowest BCUT2D eigenvalue weighted by Crippen LogP contribution is -2.56. The zero-order chi connectivity index (χ0) is 31.6. The molecule has 0 bridgehead atoms. The smallest absolute Gasteiger partial charge is 0.328 e. The number of amides is 2. The summed E-state index contributed by atoms with van der Waals surface area (Å²) in [5.41, 5.74) is 6.24. The van der Waals surface area contributed by atoms with E-state index in [9.17, 15) is 19.2 Å². The number of carbonyl (C=O) groups excluding carboxylic acids is 2. The number of piperidine rings is 2. The van der Waals surface area contributed by atoms with Crippen molar-refractivity contribution in [3.05, 3.63) is 34.9 Å². The number of benzene rings is 1. The van der Waals surface area contributed by atoms with Crippen LogP contribution in [0.4, 0.5) is 5.69 Å². The molecule has 2 fully saturated rings. The van der Waals surface area contributed by atoms with Crippen molar-refractivity contribution in [2.24, 2.45) is 11.3 Å². The standard InChI is InChI=1S/C25H39ClN4O4.C4H4O4/c1-25(2,3)24(32)30-10-6-16(7-11-30)14-29-9-8-20(22(15-29)34-5)28-23(31)17-12-18(26)19(27)13-21(17)33-4;5-3(6)1-2-4(7)8/h12-13,16,20,22H,6-11,14-15,27H2,1-5H3,(H,28,31);1-2H,(H,5,6)(H,7,8). The molecule has 42 heavy (non-hydrogen) atoms. The molecule has 2 unspecified atom stereocenters. The number of likely N-dealkylation sites (tertiary alicyclic amines) is 2. The van der Waals surface area contributed by atoms with Gasteiger partial charge in [-0.25, -0.2) is 9.59 Å². The number of nitrogens with two attached hydrogens (primary N) is 1. The molecule has 234 valence electrons. The summed E-state index contributed by atoms with van der Waals surface area (Å²) in [6.45, 7) is 10.2. The number of carbonyl (C=O) groups is 4. The summed E-state index contributed by atoms with van der Waals surface area (Å²) in [6, 6.07) is 2.99. The molecule has 2 atom stereocenters.